The van der Waals surface area contributed by atoms with E-state index in [1.807, 2.05) is 39.0 Å². The highest BCUT2D eigenvalue weighted by Gasteiger charge is 2.19. The lowest BCUT2D eigenvalue weighted by Crippen LogP contribution is -2.24. The summed E-state index contributed by atoms with van der Waals surface area (Å²) in [5.41, 5.74) is 2.70. The number of aromatic amines is 1. The first-order valence-electron chi connectivity index (χ1n) is 8.12. The van der Waals surface area contributed by atoms with Crippen LogP contribution < -0.4 is 11.0 Å². The second kappa shape index (κ2) is 8.19. The number of H-pyrrole nitrogens is 1. The molecule has 1 aromatic heterocycles. The molecule has 2 rings (SSSR count). The summed E-state index contributed by atoms with van der Waals surface area (Å²) in [5.74, 6) is -0.105. The number of rotatable bonds is 7. The molecule has 0 radical (unpaired) electrons. The van der Waals surface area contributed by atoms with E-state index in [0.29, 0.717) is 11.7 Å². The van der Waals surface area contributed by atoms with Crippen molar-refractivity contribution in [3.8, 4) is 0 Å². The van der Waals surface area contributed by atoms with E-state index >= 15 is 0 Å². The zero-order valence-electron chi connectivity index (χ0n) is 14.5. The van der Waals surface area contributed by atoms with Gasteiger partial charge in [-0.25, -0.2) is 9.89 Å². The summed E-state index contributed by atoms with van der Waals surface area (Å²) in [4.78, 5) is 24.3. The quantitative estimate of drug-likeness (QED) is 0.754. The van der Waals surface area contributed by atoms with Gasteiger partial charge in [0, 0.05) is 12.2 Å². The van der Waals surface area contributed by atoms with Crippen LogP contribution in [0.2, 0.25) is 0 Å². The number of carbonyl (C=O) groups is 1. The predicted octanol–water partition coefficient (Wildman–Crippen LogP) is 3.11. The number of aryl methyl sites for hydroxylation is 2. The van der Waals surface area contributed by atoms with E-state index in [2.05, 4.69) is 22.4 Å². The first-order chi connectivity index (χ1) is 11.4. The SMILES string of the molecule is CCCCn1c(SC(C)C(=O)Nc2cc(C)ccc2C)n[nH]c1=O. The number of thioether (sulfide) groups is 1. The van der Waals surface area contributed by atoms with Crippen molar-refractivity contribution in [1.82, 2.24) is 14.8 Å². The number of hydrogen-bond acceptors (Lipinski definition) is 4. The standard InChI is InChI=1S/C17H24N4O2S/c1-5-6-9-21-16(23)19-20-17(21)24-13(4)15(22)18-14-10-11(2)7-8-12(14)3/h7-8,10,13H,5-6,9H2,1-4H3,(H,18,22)(H,19,23). The molecule has 24 heavy (non-hydrogen) atoms. The molecule has 0 aliphatic rings. The van der Waals surface area contributed by atoms with Crippen molar-refractivity contribution in [1.29, 1.82) is 0 Å². The summed E-state index contributed by atoms with van der Waals surface area (Å²) in [6.45, 7) is 8.44. The summed E-state index contributed by atoms with van der Waals surface area (Å²) in [6.07, 6.45) is 1.89. The molecule has 2 N–H and O–H groups in total. The van der Waals surface area contributed by atoms with Crippen molar-refractivity contribution in [3.05, 3.63) is 39.8 Å². The van der Waals surface area contributed by atoms with E-state index in [0.717, 1.165) is 29.7 Å². The van der Waals surface area contributed by atoms with Crippen LogP contribution in [0, 0.1) is 13.8 Å². The Bertz CT molecular complexity index is 766. The van der Waals surface area contributed by atoms with E-state index in [4.69, 9.17) is 0 Å². The van der Waals surface area contributed by atoms with Crippen LogP contribution in [0.25, 0.3) is 0 Å². The normalized spacial score (nSPS) is 12.2. The van der Waals surface area contributed by atoms with Gasteiger partial charge in [0.2, 0.25) is 5.91 Å². The van der Waals surface area contributed by atoms with Gasteiger partial charge in [-0.15, -0.1) is 5.10 Å². The van der Waals surface area contributed by atoms with Crippen molar-refractivity contribution >= 4 is 23.4 Å². The van der Waals surface area contributed by atoms with Crippen molar-refractivity contribution < 1.29 is 4.79 Å². The highest BCUT2D eigenvalue weighted by atomic mass is 32.2. The third-order valence-corrected chi connectivity index (χ3v) is 4.85. The van der Waals surface area contributed by atoms with Crippen molar-refractivity contribution in [2.24, 2.45) is 0 Å². The Balaban J connectivity index is 2.07. The zero-order valence-corrected chi connectivity index (χ0v) is 15.4. The van der Waals surface area contributed by atoms with Gasteiger partial charge < -0.3 is 5.32 Å². The average molecular weight is 348 g/mol. The van der Waals surface area contributed by atoms with Gasteiger partial charge >= 0.3 is 5.69 Å². The van der Waals surface area contributed by atoms with Crippen LogP contribution in [-0.4, -0.2) is 25.9 Å². The minimum atomic E-state index is -0.361. The molecule has 130 valence electrons. The summed E-state index contributed by atoms with van der Waals surface area (Å²) < 4.78 is 1.59. The number of benzene rings is 1. The summed E-state index contributed by atoms with van der Waals surface area (Å²) in [6, 6.07) is 5.95. The number of carbonyl (C=O) groups excluding carboxylic acids is 1. The molecule has 0 fully saturated rings. The fourth-order valence-corrected chi connectivity index (χ4v) is 3.11. The Kier molecular flexibility index (Phi) is 6.25. The smallest absolute Gasteiger partial charge is 0.325 e. The van der Waals surface area contributed by atoms with E-state index in [9.17, 15) is 9.59 Å². The molecule has 1 unspecified atom stereocenters. The summed E-state index contributed by atoms with van der Waals surface area (Å²) >= 11 is 1.29. The maximum Gasteiger partial charge on any atom is 0.343 e. The van der Waals surface area contributed by atoms with Gasteiger partial charge in [0.25, 0.3) is 0 Å². The van der Waals surface area contributed by atoms with Crippen LogP contribution in [0.4, 0.5) is 5.69 Å². The molecule has 1 heterocycles. The minimum Gasteiger partial charge on any atom is -0.325 e. The lowest BCUT2D eigenvalue weighted by Gasteiger charge is -2.14. The topological polar surface area (TPSA) is 79.8 Å². The van der Waals surface area contributed by atoms with Gasteiger partial charge in [-0.3, -0.25) is 9.36 Å². The Morgan fingerprint density at radius 3 is 2.88 bits per heavy atom. The maximum absolute atomic E-state index is 12.5. The van der Waals surface area contributed by atoms with Crippen molar-refractivity contribution in [3.63, 3.8) is 0 Å². The second-order valence-electron chi connectivity index (χ2n) is 5.88. The molecule has 0 saturated heterocycles. The van der Waals surface area contributed by atoms with E-state index in [-0.39, 0.29) is 16.8 Å². The number of unbranched alkanes of at least 4 members (excludes halogenated alkanes) is 1. The van der Waals surface area contributed by atoms with E-state index in [1.165, 1.54) is 11.8 Å². The molecule has 0 bridgehead atoms. The van der Waals surface area contributed by atoms with E-state index in [1.54, 1.807) is 4.57 Å². The van der Waals surface area contributed by atoms with E-state index < -0.39 is 0 Å². The van der Waals surface area contributed by atoms with Gasteiger partial charge in [-0.1, -0.05) is 37.2 Å². The van der Waals surface area contributed by atoms with Crippen LogP contribution in [0.5, 0.6) is 0 Å². The first kappa shape index (κ1) is 18.3. The molecule has 0 aliphatic carbocycles. The molecule has 2 aromatic rings. The number of aromatic nitrogens is 3. The molecule has 6 nitrogen and oxygen atoms in total. The molecule has 0 aliphatic heterocycles. The van der Waals surface area contributed by atoms with Crippen molar-refractivity contribution in [2.45, 2.75) is 57.5 Å². The summed E-state index contributed by atoms with van der Waals surface area (Å²) in [7, 11) is 0. The number of nitrogens with one attached hydrogen (secondary N) is 2. The Hall–Kier alpha value is -2.02. The van der Waals surface area contributed by atoms with Crippen LogP contribution >= 0.6 is 11.8 Å². The third kappa shape index (κ3) is 4.50. The van der Waals surface area contributed by atoms with Gasteiger partial charge in [0.15, 0.2) is 5.16 Å². The lowest BCUT2D eigenvalue weighted by molar-refractivity contribution is -0.115. The number of nitrogens with zero attached hydrogens (tertiary/aromatic N) is 2. The molecule has 1 aromatic carbocycles. The van der Waals surface area contributed by atoms with Gasteiger partial charge in [0.1, 0.15) is 0 Å². The molecule has 7 heteroatoms. The second-order valence-corrected chi connectivity index (χ2v) is 7.19. The highest BCUT2D eigenvalue weighted by molar-refractivity contribution is 8.00. The fraction of sp³-hybridized carbons (Fsp3) is 0.471. The Morgan fingerprint density at radius 1 is 1.42 bits per heavy atom. The largest absolute Gasteiger partial charge is 0.343 e. The first-order valence-corrected chi connectivity index (χ1v) is 9.00. The molecule has 0 spiro atoms. The predicted molar refractivity (Wildman–Crippen MR) is 97.6 cm³/mol. The fourth-order valence-electron chi connectivity index (χ4n) is 2.22. The number of hydrogen-bond donors (Lipinski definition) is 2. The lowest BCUT2D eigenvalue weighted by atomic mass is 10.1. The number of anilines is 1. The van der Waals surface area contributed by atoms with Crippen molar-refractivity contribution in [2.75, 3.05) is 5.32 Å². The maximum atomic E-state index is 12.5. The van der Waals surface area contributed by atoms with Gasteiger partial charge in [-0.2, -0.15) is 0 Å². The molecule has 1 amide bonds. The average Bonchev–Trinajstić information content (AvgIpc) is 2.88. The molecule has 0 saturated carbocycles. The third-order valence-electron chi connectivity index (χ3n) is 3.76. The Labute approximate surface area is 146 Å². The Morgan fingerprint density at radius 2 is 2.17 bits per heavy atom. The summed E-state index contributed by atoms with van der Waals surface area (Å²) in [5, 5.41) is 9.65. The highest BCUT2D eigenvalue weighted by Crippen LogP contribution is 2.23. The molecular formula is C17H24N4O2S. The zero-order chi connectivity index (χ0) is 17.7. The van der Waals surface area contributed by atoms with Gasteiger partial charge in [-0.05, 0) is 44.4 Å². The minimum absolute atomic E-state index is 0.105. The van der Waals surface area contributed by atoms with Crippen LogP contribution in [0.1, 0.15) is 37.8 Å². The molecule has 1 atom stereocenters. The number of amides is 1. The van der Waals surface area contributed by atoms with Crippen LogP contribution in [0.3, 0.4) is 0 Å². The van der Waals surface area contributed by atoms with Gasteiger partial charge in [0.05, 0.1) is 5.25 Å². The molecular weight excluding hydrogens is 324 g/mol. The monoisotopic (exact) mass is 348 g/mol. The van der Waals surface area contributed by atoms with Crippen LogP contribution in [0.15, 0.2) is 28.2 Å². The van der Waals surface area contributed by atoms with Crippen LogP contribution in [-0.2, 0) is 11.3 Å².